The van der Waals surface area contributed by atoms with Gasteiger partial charge in [-0.15, -0.1) is 5.10 Å². The molecule has 5 nitrogen and oxygen atoms in total. The number of hydrogen-bond acceptors (Lipinski definition) is 4. The molecule has 17 heavy (non-hydrogen) atoms. The SMILES string of the molecule is CCC(N)c1cn(Cc2ccncc2Cl)nn1. The number of rotatable bonds is 4. The van der Waals surface area contributed by atoms with Crippen LogP contribution in [0.3, 0.4) is 0 Å². The zero-order chi connectivity index (χ0) is 12.3. The van der Waals surface area contributed by atoms with Gasteiger partial charge in [0.05, 0.1) is 29.5 Å². The standard InChI is InChI=1S/C11H14ClN5/c1-2-10(13)11-7-17(16-15-11)6-8-3-4-14-5-9(8)12/h3-5,7,10H,2,6,13H2,1H3. The molecule has 2 aromatic rings. The average molecular weight is 252 g/mol. The first kappa shape index (κ1) is 12.0. The van der Waals surface area contributed by atoms with Crippen molar-refractivity contribution in [1.82, 2.24) is 20.0 Å². The molecule has 2 heterocycles. The topological polar surface area (TPSA) is 69.6 Å². The van der Waals surface area contributed by atoms with E-state index in [2.05, 4.69) is 15.3 Å². The Morgan fingerprint density at radius 1 is 1.53 bits per heavy atom. The number of nitrogens with two attached hydrogens (primary N) is 1. The van der Waals surface area contributed by atoms with Crippen LogP contribution in [0.2, 0.25) is 5.02 Å². The molecule has 0 aliphatic carbocycles. The van der Waals surface area contributed by atoms with Gasteiger partial charge in [-0.1, -0.05) is 23.7 Å². The number of hydrogen-bond donors (Lipinski definition) is 1. The molecule has 2 rings (SSSR count). The first-order valence-corrected chi connectivity index (χ1v) is 5.82. The van der Waals surface area contributed by atoms with Crippen molar-refractivity contribution in [2.45, 2.75) is 25.9 Å². The van der Waals surface area contributed by atoms with Crippen molar-refractivity contribution in [2.24, 2.45) is 5.73 Å². The molecule has 90 valence electrons. The Hall–Kier alpha value is -1.46. The molecule has 2 aromatic heterocycles. The van der Waals surface area contributed by atoms with E-state index in [4.69, 9.17) is 17.3 Å². The number of aromatic nitrogens is 4. The lowest BCUT2D eigenvalue weighted by atomic mass is 10.2. The second-order valence-electron chi connectivity index (χ2n) is 3.82. The molecular weight excluding hydrogens is 238 g/mol. The van der Waals surface area contributed by atoms with Crippen LogP contribution in [-0.4, -0.2) is 20.0 Å². The van der Waals surface area contributed by atoms with Crippen molar-refractivity contribution in [3.8, 4) is 0 Å². The van der Waals surface area contributed by atoms with Gasteiger partial charge in [-0.25, -0.2) is 4.68 Å². The molecule has 0 fully saturated rings. The molecule has 2 N–H and O–H groups in total. The van der Waals surface area contributed by atoms with Crippen LogP contribution in [0.15, 0.2) is 24.7 Å². The van der Waals surface area contributed by atoms with Gasteiger partial charge in [0.15, 0.2) is 0 Å². The zero-order valence-corrected chi connectivity index (χ0v) is 10.3. The van der Waals surface area contributed by atoms with Gasteiger partial charge in [-0.3, -0.25) is 4.98 Å². The summed E-state index contributed by atoms with van der Waals surface area (Å²) in [5, 5.41) is 8.70. The van der Waals surface area contributed by atoms with Crippen molar-refractivity contribution in [2.75, 3.05) is 0 Å². The maximum Gasteiger partial charge on any atom is 0.0994 e. The van der Waals surface area contributed by atoms with Crippen LogP contribution in [0.1, 0.15) is 30.6 Å². The number of halogens is 1. The van der Waals surface area contributed by atoms with E-state index in [1.54, 1.807) is 17.1 Å². The maximum atomic E-state index is 6.02. The molecule has 6 heteroatoms. The summed E-state index contributed by atoms with van der Waals surface area (Å²) in [4.78, 5) is 3.94. The van der Waals surface area contributed by atoms with Crippen molar-refractivity contribution >= 4 is 11.6 Å². The van der Waals surface area contributed by atoms with Crippen LogP contribution >= 0.6 is 11.6 Å². The van der Waals surface area contributed by atoms with Crippen molar-refractivity contribution in [1.29, 1.82) is 0 Å². The Balaban J connectivity index is 2.14. The summed E-state index contributed by atoms with van der Waals surface area (Å²) in [7, 11) is 0. The van der Waals surface area contributed by atoms with Crippen LogP contribution in [0.5, 0.6) is 0 Å². The highest BCUT2D eigenvalue weighted by Gasteiger charge is 2.09. The van der Waals surface area contributed by atoms with Gasteiger partial charge in [-0.2, -0.15) is 0 Å². The average Bonchev–Trinajstić information content (AvgIpc) is 2.80. The third-order valence-corrected chi connectivity index (χ3v) is 2.91. The fraction of sp³-hybridized carbons (Fsp3) is 0.364. The van der Waals surface area contributed by atoms with Gasteiger partial charge in [0.25, 0.3) is 0 Å². The highest BCUT2D eigenvalue weighted by molar-refractivity contribution is 6.31. The molecule has 0 aliphatic heterocycles. The Morgan fingerprint density at radius 3 is 3.06 bits per heavy atom. The van der Waals surface area contributed by atoms with Crippen LogP contribution in [0.25, 0.3) is 0 Å². The minimum absolute atomic E-state index is 0.0586. The van der Waals surface area contributed by atoms with Crippen LogP contribution in [0, 0.1) is 0 Å². The van der Waals surface area contributed by atoms with Gasteiger partial charge in [0, 0.05) is 12.4 Å². The summed E-state index contributed by atoms with van der Waals surface area (Å²) in [5.41, 5.74) is 7.64. The van der Waals surface area contributed by atoms with E-state index < -0.39 is 0 Å². The first-order chi connectivity index (χ1) is 8.20. The van der Waals surface area contributed by atoms with Crippen LogP contribution in [0.4, 0.5) is 0 Å². The molecule has 1 atom stereocenters. The lowest BCUT2D eigenvalue weighted by Gasteiger charge is -2.03. The van der Waals surface area contributed by atoms with E-state index in [-0.39, 0.29) is 6.04 Å². The largest absolute Gasteiger partial charge is 0.323 e. The van der Waals surface area contributed by atoms with Crippen molar-refractivity contribution < 1.29 is 0 Å². The van der Waals surface area contributed by atoms with Crippen molar-refractivity contribution in [3.63, 3.8) is 0 Å². The Labute approximate surface area is 105 Å². The predicted molar refractivity (Wildman–Crippen MR) is 65.6 cm³/mol. The van der Waals surface area contributed by atoms with Gasteiger partial charge in [0.2, 0.25) is 0 Å². The van der Waals surface area contributed by atoms with E-state index in [0.717, 1.165) is 17.7 Å². The molecule has 0 radical (unpaired) electrons. The monoisotopic (exact) mass is 251 g/mol. The summed E-state index contributed by atoms with van der Waals surface area (Å²) >= 11 is 6.02. The van der Waals surface area contributed by atoms with Crippen LogP contribution in [-0.2, 0) is 6.54 Å². The minimum Gasteiger partial charge on any atom is -0.323 e. The lowest BCUT2D eigenvalue weighted by Crippen LogP contribution is -2.08. The Bertz CT molecular complexity index is 496. The fourth-order valence-electron chi connectivity index (χ4n) is 1.48. The molecule has 0 spiro atoms. The second kappa shape index (κ2) is 5.25. The fourth-order valence-corrected chi connectivity index (χ4v) is 1.66. The summed E-state index contributed by atoms with van der Waals surface area (Å²) in [6.07, 6.45) is 6.02. The lowest BCUT2D eigenvalue weighted by molar-refractivity contribution is 0.644. The Kier molecular flexibility index (Phi) is 3.71. The molecule has 0 saturated carbocycles. The number of nitrogens with zero attached hydrogens (tertiary/aromatic N) is 4. The van der Waals surface area contributed by atoms with E-state index >= 15 is 0 Å². The Morgan fingerprint density at radius 2 is 2.35 bits per heavy atom. The highest BCUT2D eigenvalue weighted by atomic mass is 35.5. The van der Waals surface area contributed by atoms with Gasteiger partial charge in [0.1, 0.15) is 0 Å². The zero-order valence-electron chi connectivity index (χ0n) is 9.55. The summed E-state index contributed by atoms with van der Waals surface area (Å²) < 4.78 is 1.73. The van der Waals surface area contributed by atoms with E-state index in [1.165, 1.54) is 0 Å². The van der Waals surface area contributed by atoms with Crippen molar-refractivity contribution in [3.05, 3.63) is 40.9 Å². The summed E-state index contributed by atoms with van der Waals surface area (Å²) in [6.45, 7) is 2.59. The molecule has 0 aromatic carbocycles. The van der Waals surface area contributed by atoms with Gasteiger partial charge < -0.3 is 5.73 Å². The normalized spacial score (nSPS) is 12.6. The van der Waals surface area contributed by atoms with E-state index in [1.807, 2.05) is 19.2 Å². The smallest absolute Gasteiger partial charge is 0.0994 e. The van der Waals surface area contributed by atoms with Gasteiger partial charge >= 0.3 is 0 Å². The maximum absolute atomic E-state index is 6.02. The third kappa shape index (κ3) is 2.81. The highest BCUT2D eigenvalue weighted by Crippen LogP contribution is 2.15. The summed E-state index contributed by atoms with van der Waals surface area (Å²) in [5.74, 6) is 0. The van der Waals surface area contributed by atoms with E-state index in [9.17, 15) is 0 Å². The molecule has 0 saturated heterocycles. The third-order valence-electron chi connectivity index (χ3n) is 2.56. The first-order valence-electron chi connectivity index (χ1n) is 5.44. The molecular formula is C11H14ClN5. The van der Waals surface area contributed by atoms with Crippen LogP contribution < -0.4 is 5.73 Å². The molecule has 0 bridgehead atoms. The number of pyridine rings is 1. The molecule has 1 unspecified atom stereocenters. The van der Waals surface area contributed by atoms with E-state index in [0.29, 0.717) is 11.6 Å². The molecule has 0 amide bonds. The summed E-state index contributed by atoms with van der Waals surface area (Å²) in [6, 6.07) is 1.81. The second-order valence-corrected chi connectivity index (χ2v) is 4.23. The predicted octanol–water partition coefficient (Wildman–Crippen LogP) is 1.78. The molecule has 0 aliphatic rings. The quantitative estimate of drug-likeness (QED) is 0.899. The minimum atomic E-state index is -0.0586. The van der Waals surface area contributed by atoms with Gasteiger partial charge in [-0.05, 0) is 18.1 Å².